The second kappa shape index (κ2) is 6.76. The average Bonchev–Trinajstić information content (AvgIpc) is 2.88. The van der Waals surface area contributed by atoms with Gasteiger partial charge in [0.25, 0.3) is 11.1 Å². The van der Waals surface area contributed by atoms with Crippen LogP contribution < -0.4 is 16.4 Å². The van der Waals surface area contributed by atoms with Crippen molar-refractivity contribution in [2.24, 2.45) is 0 Å². The van der Waals surface area contributed by atoms with Gasteiger partial charge in [0.05, 0.1) is 18.5 Å². The number of carbonyl (C=O) groups is 1. The summed E-state index contributed by atoms with van der Waals surface area (Å²) in [6.07, 6.45) is 0.0928. The van der Waals surface area contributed by atoms with E-state index in [2.05, 4.69) is 15.4 Å². The molecule has 7 nitrogen and oxygen atoms in total. The topological polar surface area (TPSA) is 99.8 Å². The molecule has 3 N–H and O–H groups in total. The summed E-state index contributed by atoms with van der Waals surface area (Å²) in [4.78, 5) is 37.9. The van der Waals surface area contributed by atoms with Crippen molar-refractivity contribution in [3.05, 3.63) is 68.1 Å². The molecular formula is C17H17FN4O3. The molecule has 8 heteroatoms. The quantitative estimate of drug-likeness (QED) is 0.639. The van der Waals surface area contributed by atoms with Crippen molar-refractivity contribution in [2.45, 2.75) is 19.9 Å². The van der Waals surface area contributed by atoms with E-state index in [4.69, 9.17) is 0 Å². The Morgan fingerprint density at radius 3 is 2.84 bits per heavy atom. The molecule has 2 aromatic heterocycles. The third-order valence-corrected chi connectivity index (χ3v) is 3.99. The highest BCUT2D eigenvalue weighted by molar-refractivity contribution is 5.90. The summed E-state index contributed by atoms with van der Waals surface area (Å²) in [5, 5.41) is 5.76. The molecule has 0 aliphatic heterocycles. The van der Waals surface area contributed by atoms with Gasteiger partial charge in [-0.15, -0.1) is 0 Å². The fourth-order valence-corrected chi connectivity index (χ4v) is 2.75. The Morgan fingerprint density at radius 1 is 1.24 bits per heavy atom. The van der Waals surface area contributed by atoms with Crippen molar-refractivity contribution in [2.75, 3.05) is 6.54 Å². The summed E-state index contributed by atoms with van der Waals surface area (Å²) in [5.41, 5.74) is 1.12. The van der Waals surface area contributed by atoms with Crippen molar-refractivity contribution >= 4 is 16.8 Å². The highest BCUT2D eigenvalue weighted by Crippen LogP contribution is 2.24. The number of aromatic nitrogens is 3. The number of H-pyrrole nitrogens is 2. The SMILES string of the molecule is Cc1[nH]c2c(F)cccc2c1CC(=O)NCCn1[nH]c(=O)ccc1=O. The number of hydrogen-bond donors (Lipinski definition) is 3. The molecule has 0 saturated carbocycles. The Balaban J connectivity index is 1.66. The van der Waals surface area contributed by atoms with E-state index in [1.165, 1.54) is 12.1 Å². The van der Waals surface area contributed by atoms with Crippen molar-refractivity contribution in [1.29, 1.82) is 0 Å². The number of nitrogens with one attached hydrogen (secondary N) is 3. The highest BCUT2D eigenvalue weighted by Gasteiger charge is 2.14. The normalized spacial score (nSPS) is 11.0. The van der Waals surface area contributed by atoms with E-state index in [0.29, 0.717) is 10.9 Å². The van der Waals surface area contributed by atoms with Gasteiger partial charge in [-0.05, 0) is 18.6 Å². The first-order valence-electron chi connectivity index (χ1n) is 7.78. The molecule has 0 bridgehead atoms. The Labute approximate surface area is 141 Å². The smallest absolute Gasteiger partial charge is 0.265 e. The number of aromatic amines is 2. The average molecular weight is 344 g/mol. The number of nitrogens with zero attached hydrogens (tertiary/aromatic N) is 1. The molecule has 25 heavy (non-hydrogen) atoms. The number of benzene rings is 1. The molecule has 1 aromatic carbocycles. The van der Waals surface area contributed by atoms with Gasteiger partial charge in [0.15, 0.2) is 0 Å². The minimum Gasteiger partial charge on any atom is -0.356 e. The molecular weight excluding hydrogens is 327 g/mol. The summed E-state index contributed by atoms with van der Waals surface area (Å²) in [6, 6.07) is 7.05. The Bertz CT molecular complexity index is 1050. The predicted molar refractivity (Wildman–Crippen MR) is 91.0 cm³/mol. The third-order valence-electron chi connectivity index (χ3n) is 3.99. The molecule has 0 radical (unpaired) electrons. The van der Waals surface area contributed by atoms with Gasteiger partial charge in [-0.1, -0.05) is 12.1 Å². The first-order chi connectivity index (χ1) is 12.0. The first-order valence-corrected chi connectivity index (χ1v) is 7.78. The number of amides is 1. The fraction of sp³-hybridized carbons (Fsp3) is 0.235. The van der Waals surface area contributed by atoms with Crippen LogP contribution in [0.5, 0.6) is 0 Å². The molecule has 2 heterocycles. The molecule has 0 spiro atoms. The molecule has 0 atom stereocenters. The van der Waals surface area contributed by atoms with Crippen LogP contribution in [0.2, 0.25) is 0 Å². The van der Waals surface area contributed by atoms with Crippen molar-refractivity contribution in [1.82, 2.24) is 20.1 Å². The van der Waals surface area contributed by atoms with E-state index >= 15 is 0 Å². The number of halogens is 1. The van der Waals surface area contributed by atoms with Gasteiger partial charge < -0.3 is 10.3 Å². The molecule has 1 amide bonds. The standard InChI is InChI=1S/C17H17FN4O3/c1-10-12(11-3-2-4-13(18)17(11)20-10)9-15(24)19-7-8-22-16(25)6-5-14(23)21-22/h2-6,20H,7-9H2,1H3,(H,19,24)(H,21,23). The third kappa shape index (κ3) is 3.52. The van der Waals surface area contributed by atoms with Crippen LogP contribution in [-0.2, 0) is 17.8 Å². The lowest BCUT2D eigenvalue weighted by Crippen LogP contribution is -2.34. The van der Waals surface area contributed by atoms with E-state index < -0.39 is 0 Å². The van der Waals surface area contributed by atoms with Gasteiger partial charge >= 0.3 is 0 Å². The second-order valence-electron chi connectivity index (χ2n) is 5.72. The van der Waals surface area contributed by atoms with Gasteiger partial charge in [0.1, 0.15) is 5.82 Å². The maximum absolute atomic E-state index is 13.8. The van der Waals surface area contributed by atoms with Crippen LogP contribution in [0.3, 0.4) is 0 Å². The largest absolute Gasteiger partial charge is 0.356 e. The van der Waals surface area contributed by atoms with Crippen LogP contribution in [0.1, 0.15) is 11.3 Å². The van der Waals surface area contributed by atoms with E-state index in [0.717, 1.165) is 22.0 Å². The molecule has 3 rings (SSSR count). The molecule has 0 unspecified atom stereocenters. The maximum Gasteiger partial charge on any atom is 0.265 e. The van der Waals surface area contributed by atoms with Gasteiger partial charge in [0.2, 0.25) is 5.91 Å². The second-order valence-corrected chi connectivity index (χ2v) is 5.72. The van der Waals surface area contributed by atoms with E-state index in [1.807, 2.05) is 0 Å². The van der Waals surface area contributed by atoms with Crippen LogP contribution in [0.4, 0.5) is 4.39 Å². The number of fused-ring (bicyclic) bond motifs is 1. The Kier molecular flexibility index (Phi) is 4.51. The summed E-state index contributed by atoms with van der Waals surface area (Å²) in [6.45, 7) is 2.13. The lowest BCUT2D eigenvalue weighted by Gasteiger charge is -2.07. The lowest BCUT2D eigenvalue weighted by atomic mass is 10.1. The molecule has 0 fully saturated rings. The lowest BCUT2D eigenvalue weighted by molar-refractivity contribution is -0.120. The zero-order chi connectivity index (χ0) is 18.0. The number of rotatable bonds is 5. The monoisotopic (exact) mass is 344 g/mol. The fourth-order valence-electron chi connectivity index (χ4n) is 2.75. The van der Waals surface area contributed by atoms with Crippen molar-refractivity contribution < 1.29 is 9.18 Å². The van der Waals surface area contributed by atoms with Gasteiger partial charge in [0, 0.05) is 29.8 Å². The first kappa shape index (κ1) is 16.7. The minimum absolute atomic E-state index is 0.0928. The van der Waals surface area contributed by atoms with Crippen molar-refractivity contribution in [3.8, 4) is 0 Å². The van der Waals surface area contributed by atoms with E-state index in [9.17, 15) is 18.8 Å². The van der Waals surface area contributed by atoms with E-state index in [-0.39, 0.29) is 42.4 Å². The predicted octanol–water partition coefficient (Wildman–Crippen LogP) is 0.824. The van der Waals surface area contributed by atoms with Crippen LogP contribution in [0.25, 0.3) is 10.9 Å². The van der Waals surface area contributed by atoms with Crippen LogP contribution in [-0.4, -0.2) is 27.2 Å². The Morgan fingerprint density at radius 2 is 2.04 bits per heavy atom. The summed E-state index contributed by atoms with van der Waals surface area (Å²) in [5.74, 6) is -0.612. The molecule has 130 valence electrons. The molecule has 0 aliphatic rings. The minimum atomic E-state index is -0.387. The van der Waals surface area contributed by atoms with E-state index in [1.54, 1.807) is 19.1 Å². The number of hydrogen-bond acceptors (Lipinski definition) is 3. The summed E-state index contributed by atoms with van der Waals surface area (Å²) < 4.78 is 14.9. The number of carbonyl (C=O) groups excluding carboxylic acids is 1. The summed E-state index contributed by atoms with van der Waals surface area (Å²) in [7, 11) is 0. The van der Waals surface area contributed by atoms with Crippen LogP contribution in [0.15, 0.2) is 39.9 Å². The molecule has 0 aliphatic carbocycles. The zero-order valence-corrected chi connectivity index (χ0v) is 13.6. The summed E-state index contributed by atoms with van der Waals surface area (Å²) >= 11 is 0. The van der Waals surface area contributed by atoms with Crippen LogP contribution in [0, 0.1) is 12.7 Å². The molecule has 0 saturated heterocycles. The van der Waals surface area contributed by atoms with Gasteiger partial charge in [-0.3, -0.25) is 19.5 Å². The Hall–Kier alpha value is -3.16. The van der Waals surface area contributed by atoms with Gasteiger partial charge in [-0.25, -0.2) is 9.07 Å². The van der Waals surface area contributed by atoms with Crippen molar-refractivity contribution in [3.63, 3.8) is 0 Å². The number of aryl methyl sites for hydroxylation is 1. The number of para-hydroxylation sites is 1. The molecule has 3 aromatic rings. The van der Waals surface area contributed by atoms with Gasteiger partial charge in [-0.2, -0.15) is 0 Å². The van der Waals surface area contributed by atoms with Crippen LogP contribution >= 0.6 is 0 Å². The highest BCUT2D eigenvalue weighted by atomic mass is 19.1. The zero-order valence-electron chi connectivity index (χ0n) is 13.6. The maximum atomic E-state index is 13.8.